The Morgan fingerprint density at radius 3 is 2.94 bits per heavy atom. The molecule has 1 aromatic heterocycles. The molecule has 1 aliphatic rings. The quantitative estimate of drug-likeness (QED) is 0.822. The standard InChI is InChI=1S/C12H9ClFN3/c13-8-2-3-9-10(5-8)17-12(16-9)7-1-4-11(14)15-6-7/h2-3,5-6H,1,4H2,(H,16,17). The first kappa shape index (κ1) is 10.5. The van der Waals surface area contributed by atoms with Crippen LogP contribution in [0.5, 0.6) is 0 Å². The number of benzene rings is 1. The van der Waals surface area contributed by atoms with Crippen LogP contribution in [0.4, 0.5) is 4.39 Å². The van der Waals surface area contributed by atoms with Gasteiger partial charge in [0.1, 0.15) is 5.82 Å². The fraction of sp³-hybridized carbons (Fsp3) is 0.167. The van der Waals surface area contributed by atoms with E-state index in [9.17, 15) is 4.39 Å². The molecular formula is C12H9ClFN3. The van der Waals surface area contributed by atoms with Crippen LogP contribution in [0.2, 0.25) is 5.02 Å². The number of hydrogen-bond donors (Lipinski definition) is 1. The molecule has 1 N–H and O–H groups in total. The summed E-state index contributed by atoms with van der Waals surface area (Å²) >= 11 is 5.89. The molecule has 0 spiro atoms. The van der Waals surface area contributed by atoms with E-state index in [4.69, 9.17) is 11.6 Å². The SMILES string of the molecule is FC1=NC=C(c2nc3cc(Cl)ccc3[nH]2)CC1. The zero-order valence-electron chi connectivity index (χ0n) is 8.87. The molecule has 0 atom stereocenters. The average molecular weight is 250 g/mol. The van der Waals surface area contributed by atoms with Crippen molar-refractivity contribution in [1.82, 2.24) is 9.97 Å². The normalized spacial score (nSPS) is 15.9. The van der Waals surface area contributed by atoms with Gasteiger partial charge in [0.2, 0.25) is 0 Å². The van der Waals surface area contributed by atoms with E-state index in [1.807, 2.05) is 6.07 Å². The van der Waals surface area contributed by atoms with Gasteiger partial charge in [-0.25, -0.2) is 9.98 Å². The lowest BCUT2D eigenvalue weighted by atomic mass is 10.1. The minimum absolute atomic E-state index is 0.326. The van der Waals surface area contributed by atoms with E-state index in [0.29, 0.717) is 17.9 Å². The lowest BCUT2D eigenvalue weighted by molar-refractivity contribution is 0.754. The van der Waals surface area contributed by atoms with E-state index < -0.39 is 0 Å². The van der Waals surface area contributed by atoms with E-state index in [0.717, 1.165) is 22.4 Å². The van der Waals surface area contributed by atoms with Gasteiger partial charge in [0.05, 0.1) is 11.0 Å². The molecule has 0 aliphatic carbocycles. The van der Waals surface area contributed by atoms with Crippen LogP contribution in [0.3, 0.4) is 0 Å². The van der Waals surface area contributed by atoms with Crippen LogP contribution >= 0.6 is 11.6 Å². The average Bonchev–Trinajstić information content (AvgIpc) is 2.72. The van der Waals surface area contributed by atoms with Gasteiger partial charge in [0.15, 0.2) is 5.97 Å². The van der Waals surface area contributed by atoms with Gasteiger partial charge in [-0.2, -0.15) is 4.39 Å². The molecule has 86 valence electrons. The smallest absolute Gasteiger partial charge is 0.189 e. The van der Waals surface area contributed by atoms with Crippen molar-refractivity contribution in [3.05, 3.63) is 35.2 Å². The third-order valence-corrected chi connectivity index (χ3v) is 2.95. The molecule has 0 bridgehead atoms. The number of aromatic amines is 1. The third-order valence-electron chi connectivity index (χ3n) is 2.71. The predicted octanol–water partition coefficient (Wildman–Crippen LogP) is 3.72. The van der Waals surface area contributed by atoms with E-state index >= 15 is 0 Å². The number of aliphatic imine (C=N–C) groups is 1. The Kier molecular flexibility index (Phi) is 2.44. The summed E-state index contributed by atoms with van der Waals surface area (Å²) in [6.45, 7) is 0. The number of aromatic nitrogens is 2. The summed E-state index contributed by atoms with van der Waals surface area (Å²) in [5, 5.41) is 0.650. The van der Waals surface area contributed by atoms with Gasteiger partial charge < -0.3 is 4.98 Å². The van der Waals surface area contributed by atoms with Gasteiger partial charge in [-0.3, -0.25) is 0 Å². The van der Waals surface area contributed by atoms with Crippen LogP contribution in [-0.4, -0.2) is 15.9 Å². The highest BCUT2D eigenvalue weighted by Gasteiger charge is 2.12. The number of fused-ring (bicyclic) bond motifs is 1. The molecule has 17 heavy (non-hydrogen) atoms. The zero-order valence-corrected chi connectivity index (χ0v) is 9.63. The Morgan fingerprint density at radius 1 is 1.29 bits per heavy atom. The monoisotopic (exact) mass is 249 g/mol. The molecule has 3 nitrogen and oxygen atoms in total. The number of imidazole rings is 1. The highest BCUT2D eigenvalue weighted by Crippen LogP contribution is 2.25. The number of rotatable bonds is 1. The largest absolute Gasteiger partial charge is 0.338 e. The second kappa shape index (κ2) is 3.96. The first-order valence-electron chi connectivity index (χ1n) is 5.29. The summed E-state index contributed by atoms with van der Waals surface area (Å²) in [7, 11) is 0. The fourth-order valence-electron chi connectivity index (χ4n) is 1.83. The maximum absolute atomic E-state index is 12.8. The molecule has 0 unspecified atom stereocenters. The van der Waals surface area contributed by atoms with Gasteiger partial charge in [-0.15, -0.1) is 0 Å². The molecule has 0 radical (unpaired) electrons. The summed E-state index contributed by atoms with van der Waals surface area (Å²) in [6.07, 6.45) is 2.48. The molecular weight excluding hydrogens is 241 g/mol. The van der Waals surface area contributed by atoms with Crippen molar-refractivity contribution in [1.29, 1.82) is 0 Å². The van der Waals surface area contributed by atoms with E-state index in [1.165, 1.54) is 6.20 Å². The minimum atomic E-state index is -0.326. The van der Waals surface area contributed by atoms with Crippen LogP contribution in [0.25, 0.3) is 16.6 Å². The first-order valence-corrected chi connectivity index (χ1v) is 5.67. The van der Waals surface area contributed by atoms with Gasteiger partial charge >= 0.3 is 0 Å². The Bertz CT molecular complexity index is 642. The Labute approximate surface area is 102 Å². The van der Waals surface area contributed by atoms with Crippen molar-refractivity contribution in [2.75, 3.05) is 0 Å². The van der Waals surface area contributed by atoms with Crippen LogP contribution in [0.15, 0.2) is 29.4 Å². The molecule has 0 saturated heterocycles. The van der Waals surface area contributed by atoms with Crippen molar-refractivity contribution in [2.45, 2.75) is 12.8 Å². The third kappa shape index (κ3) is 1.96. The molecule has 1 aliphatic heterocycles. The lowest BCUT2D eigenvalue weighted by Crippen LogP contribution is -1.98. The van der Waals surface area contributed by atoms with Gasteiger partial charge in [0.25, 0.3) is 0 Å². The van der Waals surface area contributed by atoms with Crippen LogP contribution in [0, 0.1) is 0 Å². The molecule has 1 aromatic carbocycles. The summed E-state index contributed by atoms with van der Waals surface area (Å²) < 4.78 is 12.8. The minimum Gasteiger partial charge on any atom is -0.338 e. The zero-order chi connectivity index (χ0) is 11.8. The van der Waals surface area contributed by atoms with Gasteiger partial charge in [0, 0.05) is 23.2 Å². The number of allylic oxidation sites excluding steroid dienone is 1. The molecule has 2 heterocycles. The van der Waals surface area contributed by atoms with Crippen LogP contribution in [0.1, 0.15) is 18.7 Å². The van der Waals surface area contributed by atoms with Crippen molar-refractivity contribution in [3.63, 3.8) is 0 Å². The molecule has 5 heteroatoms. The van der Waals surface area contributed by atoms with E-state index in [1.54, 1.807) is 12.1 Å². The maximum Gasteiger partial charge on any atom is 0.189 e. The van der Waals surface area contributed by atoms with Crippen molar-refractivity contribution < 1.29 is 4.39 Å². The predicted molar refractivity (Wildman–Crippen MR) is 66.9 cm³/mol. The topological polar surface area (TPSA) is 41.0 Å². The maximum atomic E-state index is 12.8. The number of H-pyrrole nitrogens is 1. The van der Waals surface area contributed by atoms with Crippen LogP contribution < -0.4 is 0 Å². The highest BCUT2D eigenvalue weighted by molar-refractivity contribution is 6.31. The van der Waals surface area contributed by atoms with Gasteiger partial charge in [-0.1, -0.05) is 11.6 Å². The summed E-state index contributed by atoms with van der Waals surface area (Å²) in [4.78, 5) is 11.3. The first-order chi connectivity index (χ1) is 8.22. The van der Waals surface area contributed by atoms with Crippen molar-refractivity contribution >= 4 is 34.2 Å². The Balaban J connectivity index is 2.07. The Hall–Kier alpha value is -1.68. The summed E-state index contributed by atoms with van der Waals surface area (Å²) in [5.74, 6) is 0.409. The second-order valence-corrected chi connectivity index (χ2v) is 4.34. The molecule has 0 saturated carbocycles. The van der Waals surface area contributed by atoms with Crippen molar-refractivity contribution in [3.8, 4) is 0 Å². The van der Waals surface area contributed by atoms with Crippen LogP contribution in [-0.2, 0) is 0 Å². The second-order valence-electron chi connectivity index (χ2n) is 3.91. The molecule has 0 amide bonds. The number of halogens is 2. The fourth-order valence-corrected chi connectivity index (χ4v) is 1.99. The molecule has 3 rings (SSSR count). The number of hydrogen-bond acceptors (Lipinski definition) is 2. The van der Waals surface area contributed by atoms with Crippen molar-refractivity contribution in [2.24, 2.45) is 4.99 Å². The van der Waals surface area contributed by atoms with Gasteiger partial charge in [-0.05, 0) is 24.6 Å². The lowest BCUT2D eigenvalue weighted by Gasteiger charge is -2.05. The van der Waals surface area contributed by atoms with E-state index in [2.05, 4.69) is 15.0 Å². The summed E-state index contributed by atoms with van der Waals surface area (Å²) in [5.41, 5.74) is 2.64. The number of nitrogens with zero attached hydrogens (tertiary/aromatic N) is 2. The molecule has 2 aromatic rings. The number of nitrogens with one attached hydrogen (secondary N) is 1. The molecule has 0 fully saturated rings. The highest BCUT2D eigenvalue weighted by atomic mass is 35.5. The summed E-state index contributed by atoms with van der Waals surface area (Å²) in [6, 6.07) is 5.48. The van der Waals surface area contributed by atoms with E-state index in [-0.39, 0.29) is 5.97 Å². The Morgan fingerprint density at radius 2 is 2.18 bits per heavy atom.